The molecule has 0 saturated heterocycles. The molecule has 3 N–H and O–H groups in total. The number of nitrogens with two attached hydrogens (primary N) is 1. The second kappa shape index (κ2) is 4.71. The molecule has 2 aromatic rings. The molecule has 96 valence electrons. The molecule has 1 unspecified atom stereocenters. The predicted octanol–water partition coefficient (Wildman–Crippen LogP) is 2.10. The molecular weight excluding hydrogens is 238 g/mol. The number of pyridine rings is 1. The molecule has 0 fully saturated rings. The van der Waals surface area contributed by atoms with Crippen molar-refractivity contribution in [2.24, 2.45) is 0 Å². The first-order chi connectivity index (χ1) is 8.96. The van der Waals surface area contributed by atoms with Crippen LogP contribution < -0.4 is 5.73 Å². The molecule has 0 bridgehead atoms. The second-order valence-corrected chi connectivity index (χ2v) is 4.65. The number of aromatic nitrogens is 1. The molecule has 4 nitrogen and oxygen atoms in total. The van der Waals surface area contributed by atoms with Gasteiger partial charge in [0.05, 0.1) is 11.6 Å². The molecule has 0 aliphatic heterocycles. The quantitative estimate of drug-likeness (QED) is 0.858. The molecule has 0 radical (unpaired) electrons. The van der Waals surface area contributed by atoms with Crippen LogP contribution in [0.25, 0.3) is 0 Å². The van der Waals surface area contributed by atoms with Crippen LogP contribution >= 0.6 is 0 Å². The lowest BCUT2D eigenvalue weighted by Crippen LogP contribution is -2.26. The van der Waals surface area contributed by atoms with Gasteiger partial charge in [0, 0.05) is 11.8 Å². The Labute approximate surface area is 112 Å². The number of aliphatic hydroxyl groups is 1. The van der Waals surface area contributed by atoms with Gasteiger partial charge in [-0.3, -0.25) is 0 Å². The van der Waals surface area contributed by atoms with E-state index < -0.39 is 5.60 Å². The topological polar surface area (TPSA) is 82.9 Å². The first-order valence-corrected chi connectivity index (χ1v) is 5.91. The number of anilines is 1. The average molecular weight is 253 g/mol. The lowest BCUT2D eigenvalue weighted by molar-refractivity contribution is 0.102. The first-order valence-electron chi connectivity index (χ1n) is 5.91. The summed E-state index contributed by atoms with van der Waals surface area (Å²) in [5.41, 5.74) is 7.34. The van der Waals surface area contributed by atoms with Crippen molar-refractivity contribution >= 4 is 5.82 Å². The van der Waals surface area contributed by atoms with Crippen molar-refractivity contribution < 1.29 is 5.11 Å². The van der Waals surface area contributed by atoms with E-state index in [1.807, 2.05) is 19.1 Å². The van der Waals surface area contributed by atoms with E-state index >= 15 is 0 Å². The lowest BCUT2D eigenvalue weighted by Gasteiger charge is -2.27. The molecule has 1 aromatic heterocycles. The maximum atomic E-state index is 10.8. The summed E-state index contributed by atoms with van der Waals surface area (Å²) in [6.07, 6.45) is 1.61. The highest BCUT2D eigenvalue weighted by atomic mass is 16.3. The Morgan fingerprint density at radius 2 is 1.89 bits per heavy atom. The van der Waals surface area contributed by atoms with E-state index in [9.17, 15) is 5.11 Å². The van der Waals surface area contributed by atoms with Gasteiger partial charge in [0.1, 0.15) is 11.4 Å². The molecule has 0 spiro atoms. The number of benzene rings is 1. The Bertz CT molecular complexity index is 619. The molecule has 0 aliphatic carbocycles. The molecular formula is C15H15N3O. The number of rotatable bonds is 2. The number of nitrogen functional groups attached to an aromatic ring is 1. The third kappa shape index (κ3) is 2.28. The highest BCUT2D eigenvalue weighted by molar-refractivity contribution is 5.52. The lowest BCUT2D eigenvalue weighted by atomic mass is 9.85. The Morgan fingerprint density at radius 1 is 1.26 bits per heavy atom. The van der Waals surface area contributed by atoms with Crippen LogP contribution in [0.2, 0.25) is 0 Å². The Morgan fingerprint density at radius 3 is 2.42 bits per heavy atom. The van der Waals surface area contributed by atoms with E-state index in [2.05, 4.69) is 4.98 Å². The fourth-order valence-corrected chi connectivity index (χ4v) is 2.23. The van der Waals surface area contributed by atoms with Crippen molar-refractivity contribution in [3.8, 4) is 6.07 Å². The highest BCUT2D eigenvalue weighted by Gasteiger charge is 2.30. The number of aryl methyl sites for hydroxylation is 1. The molecule has 1 atom stereocenters. The first kappa shape index (κ1) is 13.1. The third-order valence-corrected chi connectivity index (χ3v) is 3.25. The van der Waals surface area contributed by atoms with Crippen LogP contribution in [-0.4, -0.2) is 10.1 Å². The summed E-state index contributed by atoms with van der Waals surface area (Å²) in [7, 11) is 0. The van der Waals surface area contributed by atoms with Crippen molar-refractivity contribution in [1.82, 2.24) is 4.98 Å². The molecule has 1 aromatic carbocycles. The van der Waals surface area contributed by atoms with Crippen LogP contribution in [-0.2, 0) is 5.60 Å². The number of hydrogen-bond acceptors (Lipinski definition) is 4. The molecule has 0 amide bonds. The van der Waals surface area contributed by atoms with Crippen molar-refractivity contribution in [2.45, 2.75) is 19.4 Å². The van der Waals surface area contributed by atoms with E-state index in [0.717, 1.165) is 5.56 Å². The summed E-state index contributed by atoms with van der Waals surface area (Å²) in [6, 6.07) is 10.7. The SMILES string of the molecule is Cc1ccnc(N)c1C(C)(O)c1ccc(C#N)cc1. The second-order valence-electron chi connectivity index (χ2n) is 4.65. The van der Waals surface area contributed by atoms with E-state index in [1.54, 1.807) is 37.4 Å². The summed E-state index contributed by atoms with van der Waals surface area (Å²) in [4.78, 5) is 4.03. The molecule has 0 aliphatic rings. The summed E-state index contributed by atoms with van der Waals surface area (Å²) < 4.78 is 0. The van der Waals surface area contributed by atoms with Crippen molar-refractivity contribution in [2.75, 3.05) is 5.73 Å². The van der Waals surface area contributed by atoms with Crippen molar-refractivity contribution in [3.63, 3.8) is 0 Å². The van der Waals surface area contributed by atoms with Gasteiger partial charge in [0.15, 0.2) is 0 Å². The van der Waals surface area contributed by atoms with Gasteiger partial charge in [-0.1, -0.05) is 12.1 Å². The minimum absolute atomic E-state index is 0.314. The number of hydrogen-bond donors (Lipinski definition) is 2. The van der Waals surface area contributed by atoms with Crippen LogP contribution in [0.5, 0.6) is 0 Å². The van der Waals surface area contributed by atoms with Crippen molar-refractivity contribution in [3.05, 3.63) is 58.8 Å². The molecule has 1 heterocycles. The smallest absolute Gasteiger partial charge is 0.130 e. The summed E-state index contributed by atoms with van der Waals surface area (Å²) in [5.74, 6) is 0.314. The summed E-state index contributed by atoms with van der Waals surface area (Å²) in [5, 5.41) is 19.6. The van der Waals surface area contributed by atoms with Crippen LogP contribution in [0.3, 0.4) is 0 Å². The van der Waals surface area contributed by atoms with E-state index in [-0.39, 0.29) is 0 Å². The fourth-order valence-electron chi connectivity index (χ4n) is 2.23. The largest absolute Gasteiger partial charge is 0.383 e. The fraction of sp³-hybridized carbons (Fsp3) is 0.200. The van der Waals surface area contributed by atoms with E-state index in [4.69, 9.17) is 11.0 Å². The van der Waals surface area contributed by atoms with Crippen LogP contribution in [0.4, 0.5) is 5.82 Å². The Hall–Kier alpha value is -2.38. The Balaban J connectivity index is 2.55. The van der Waals surface area contributed by atoms with Gasteiger partial charge in [-0.2, -0.15) is 5.26 Å². The monoisotopic (exact) mass is 253 g/mol. The van der Waals surface area contributed by atoms with Gasteiger partial charge < -0.3 is 10.8 Å². The van der Waals surface area contributed by atoms with Gasteiger partial charge in [0.2, 0.25) is 0 Å². The van der Waals surface area contributed by atoms with Gasteiger partial charge in [-0.05, 0) is 43.2 Å². The van der Waals surface area contributed by atoms with Gasteiger partial charge in [-0.15, -0.1) is 0 Å². The van der Waals surface area contributed by atoms with Gasteiger partial charge in [-0.25, -0.2) is 4.98 Å². The Kier molecular flexibility index (Phi) is 3.24. The number of nitrogens with zero attached hydrogens (tertiary/aromatic N) is 2. The predicted molar refractivity (Wildman–Crippen MR) is 73.2 cm³/mol. The van der Waals surface area contributed by atoms with Crippen LogP contribution in [0, 0.1) is 18.3 Å². The van der Waals surface area contributed by atoms with Gasteiger partial charge >= 0.3 is 0 Å². The molecule has 19 heavy (non-hydrogen) atoms. The summed E-state index contributed by atoms with van der Waals surface area (Å²) >= 11 is 0. The minimum atomic E-state index is -1.24. The molecule has 0 saturated carbocycles. The minimum Gasteiger partial charge on any atom is -0.383 e. The maximum Gasteiger partial charge on any atom is 0.130 e. The molecule has 4 heteroatoms. The zero-order valence-corrected chi connectivity index (χ0v) is 10.9. The highest BCUT2D eigenvalue weighted by Crippen LogP contribution is 2.34. The standard InChI is InChI=1S/C15H15N3O/c1-10-7-8-18-14(17)13(10)15(2,19)12-5-3-11(9-16)4-6-12/h3-8,19H,1-2H3,(H2,17,18). The van der Waals surface area contributed by atoms with Gasteiger partial charge in [0.25, 0.3) is 0 Å². The molecule has 2 rings (SSSR count). The van der Waals surface area contributed by atoms with E-state index in [1.165, 1.54) is 0 Å². The summed E-state index contributed by atoms with van der Waals surface area (Å²) in [6.45, 7) is 3.56. The normalized spacial score (nSPS) is 13.6. The average Bonchev–Trinajstić information content (AvgIpc) is 2.38. The zero-order valence-electron chi connectivity index (χ0n) is 10.9. The van der Waals surface area contributed by atoms with Crippen LogP contribution in [0.1, 0.15) is 29.2 Å². The van der Waals surface area contributed by atoms with Crippen LogP contribution in [0.15, 0.2) is 36.5 Å². The maximum absolute atomic E-state index is 10.8. The number of nitriles is 1. The third-order valence-electron chi connectivity index (χ3n) is 3.25. The van der Waals surface area contributed by atoms with E-state index in [0.29, 0.717) is 22.5 Å². The zero-order chi connectivity index (χ0) is 14.0. The van der Waals surface area contributed by atoms with Crippen molar-refractivity contribution in [1.29, 1.82) is 5.26 Å².